The van der Waals surface area contributed by atoms with Crippen molar-refractivity contribution in [2.45, 2.75) is 0 Å². The average Bonchev–Trinajstić information content (AvgIpc) is 3.68. The van der Waals surface area contributed by atoms with Gasteiger partial charge in [-0.25, -0.2) is 0 Å². The van der Waals surface area contributed by atoms with E-state index in [2.05, 4.69) is 167 Å². The quantitative estimate of drug-likeness (QED) is 0.194. The molecule has 46 heavy (non-hydrogen) atoms. The summed E-state index contributed by atoms with van der Waals surface area (Å²) < 4.78 is 6.50. The first-order valence-electron chi connectivity index (χ1n) is 15.2. The molecule has 2 aromatic heterocycles. The van der Waals surface area contributed by atoms with E-state index < -0.39 is 0 Å². The van der Waals surface area contributed by atoms with Crippen molar-refractivity contribution in [2.24, 2.45) is 0 Å². The van der Waals surface area contributed by atoms with E-state index in [9.17, 15) is 0 Å². The number of rotatable bonds is 4. The Morgan fingerprint density at radius 3 is 1.48 bits per heavy atom. The van der Waals surface area contributed by atoms with Crippen LogP contribution in [0.1, 0.15) is 0 Å². The molecule has 7 aromatic carbocycles. The lowest BCUT2D eigenvalue weighted by atomic mass is 9.99. The number of hydrogen-bond donors (Lipinski definition) is 1. The number of para-hydroxylation sites is 1. The summed E-state index contributed by atoms with van der Waals surface area (Å²) in [6.07, 6.45) is 0. The van der Waals surface area contributed by atoms with Gasteiger partial charge in [0.1, 0.15) is 0 Å². The second-order valence-corrected chi connectivity index (χ2v) is 14.2. The van der Waals surface area contributed by atoms with Gasteiger partial charge in [0.15, 0.2) is 0 Å². The molecule has 1 nitrogen and oxygen atoms in total. The first kappa shape index (κ1) is 28.7. The van der Waals surface area contributed by atoms with Crippen molar-refractivity contribution in [3.63, 3.8) is 0 Å². The molecule has 0 aliphatic carbocycles. The van der Waals surface area contributed by atoms with Crippen molar-refractivity contribution in [2.75, 3.05) is 5.32 Å². The van der Waals surface area contributed by atoms with E-state index in [1.807, 2.05) is 40.9 Å². The molecule has 0 radical (unpaired) electrons. The summed E-state index contributed by atoms with van der Waals surface area (Å²) in [5, 5.41) is 8.90. The summed E-state index contributed by atoms with van der Waals surface area (Å²) in [6, 6.07) is 57.9. The molecule has 0 aliphatic rings. The summed E-state index contributed by atoms with van der Waals surface area (Å²) in [5.41, 5.74) is 7.29. The van der Waals surface area contributed by atoms with Crippen LogP contribution in [-0.4, -0.2) is 0 Å². The minimum Gasteiger partial charge on any atom is -0.356 e. The summed E-state index contributed by atoms with van der Waals surface area (Å²) in [5.74, 6) is 0. The van der Waals surface area contributed by atoms with Crippen molar-refractivity contribution in [3.8, 4) is 22.3 Å². The van der Waals surface area contributed by atoms with Crippen LogP contribution < -0.4 is 5.32 Å². The lowest BCUT2D eigenvalue weighted by molar-refractivity contribution is 1.55. The van der Waals surface area contributed by atoms with Gasteiger partial charge >= 0.3 is 0 Å². The van der Waals surface area contributed by atoms with Gasteiger partial charge in [0.2, 0.25) is 0 Å². The van der Waals surface area contributed by atoms with Gasteiger partial charge in [-0.2, -0.15) is 0 Å². The smallest absolute Gasteiger partial charge is 0.0390 e. The SMILES string of the molecule is Brc1cccc(-c2cccc3sc4ccccc4c23)c1.c1ccc(Nc2cccc(-c3cccc4sc5ccccc5c34)c2)cc1. The van der Waals surface area contributed by atoms with Crippen LogP contribution in [0.2, 0.25) is 0 Å². The van der Waals surface area contributed by atoms with Crippen LogP contribution in [0.25, 0.3) is 62.6 Å². The second-order valence-electron chi connectivity index (χ2n) is 11.1. The van der Waals surface area contributed by atoms with Crippen LogP contribution in [0.4, 0.5) is 11.4 Å². The maximum absolute atomic E-state index is 3.57. The summed E-state index contributed by atoms with van der Waals surface area (Å²) in [6.45, 7) is 0. The minimum atomic E-state index is 1.10. The zero-order chi connectivity index (χ0) is 30.9. The van der Waals surface area contributed by atoms with Crippen molar-refractivity contribution in [1.29, 1.82) is 0 Å². The van der Waals surface area contributed by atoms with Crippen LogP contribution in [0, 0.1) is 0 Å². The molecule has 0 amide bonds. The van der Waals surface area contributed by atoms with Crippen LogP contribution in [0.5, 0.6) is 0 Å². The topological polar surface area (TPSA) is 12.0 Å². The zero-order valence-corrected chi connectivity index (χ0v) is 28.0. The predicted octanol–water partition coefficient (Wildman–Crippen LogP) is 13.9. The van der Waals surface area contributed by atoms with Crippen LogP contribution >= 0.6 is 38.6 Å². The van der Waals surface area contributed by atoms with Gasteiger partial charge in [0, 0.05) is 56.2 Å². The maximum atomic E-state index is 3.57. The molecular formula is C42H28BrNS2. The molecule has 0 saturated heterocycles. The predicted molar refractivity (Wildman–Crippen MR) is 207 cm³/mol. The third kappa shape index (κ3) is 5.60. The van der Waals surface area contributed by atoms with Crippen LogP contribution in [0.3, 0.4) is 0 Å². The molecule has 0 unspecified atom stereocenters. The van der Waals surface area contributed by atoms with Crippen LogP contribution in [-0.2, 0) is 0 Å². The number of anilines is 2. The van der Waals surface area contributed by atoms with E-state index in [0.29, 0.717) is 0 Å². The molecule has 0 spiro atoms. The molecule has 0 bridgehead atoms. The number of benzene rings is 7. The number of hydrogen-bond acceptors (Lipinski definition) is 3. The van der Waals surface area contributed by atoms with E-state index in [1.54, 1.807) is 0 Å². The fraction of sp³-hybridized carbons (Fsp3) is 0. The van der Waals surface area contributed by atoms with Gasteiger partial charge < -0.3 is 5.32 Å². The molecule has 2 heterocycles. The van der Waals surface area contributed by atoms with Gasteiger partial charge in [-0.15, -0.1) is 22.7 Å². The Balaban J connectivity index is 0.000000140. The van der Waals surface area contributed by atoms with E-state index in [-0.39, 0.29) is 0 Å². The lowest BCUT2D eigenvalue weighted by Crippen LogP contribution is -1.90. The molecule has 4 heteroatoms. The zero-order valence-electron chi connectivity index (χ0n) is 24.8. The molecule has 0 saturated carbocycles. The van der Waals surface area contributed by atoms with Gasteiger partial charge in [-0.05, 0) is 82.9 Å². The molecule has 9 rings (SSSR count). The fourth-order valence-electron chi connectivity index (χ4n) is 6.14. The first-order valence-corrected chi connectivity index (χ1v) is 17.6. The Morgan fingerprint density at radius 2 is 0.870 bits per heavy atom. The Morgan fingerprint density at radius 1 is 0.391 bits per heavy atom. The van der Waals surface area contributed by atoms with Gasteiger partial charge in [0.05, 0.1) is 0 Å². The van der Waals surface area contributed by atoms with Crippen molar-refractivity contribution >= 4 is 90.3 Å². The van der Waals surface area contributed by atoms with Gasteiger partial charge in [-0.3, -0.25) is 0 Å². The normalized spacial score (nSPS) is 11.2. The Labute approximate surface area is 284 Å². The molecule has 1 N–H and O–H groups in total. The van der Waals surface area contributed by atoms with Crippen LogP contribution in [0.15, 0.2) is 168 Å². The highest BCUT2D eigenvalue weighted by atomic mass is 79.9. The third-order valence-corrected chi connectivity index (χ3v) is 10.9. The monoisotopic (exact) mass is 689 g/mol. The Bertz CT molecular complexity index is 2470. The molecule has 9 aromatic rings. The molecule has 220 valence electrons. The molecule has 0 aliphatic heterocycles. The largest absolute Gasteiger partial charge is 0.356 e. The highest BCUT2D eigenvalue weighted by Crippen LogP contribution is 2.41. The van der Waals surface area contributed by atoms with Gasteiger partial charge in [0.25, 0.3) is 0 Å². The highest BCUT2D eigenvalue weighted by molar-refractivity contribution is 9.10. The number of thiophene rings is 2. The molecule has 0 fully saturated rings. The van der Waals surface area contributed by atoms with E-state index in [0.717, 1.165) is 15.8 Å². The second kappa shape index (κ2) is 12.6. The summed E-state index contributed by atoms with van der Waals surface area (Å²) >= 11 is 7.29. The summed E-state index contributed by atoms with van der Waals surface area (Å²) in [7, 11) is 0. The van der Waals surface area contributed by atoms with E-state index in [1.165, 1.54) is 62.6 Å². The van der Waals surface area contributed by atoms with Crippen molar-refractivity contribution in [1.82, 2.24) is 0 Å². The fourth-order valence-corrected chi connectivity index (χ4v) is 8.80. The highest BCUT2D eigenvalue weighted by Gasteiger charge is 2.12. The summed E-state index contributed by atoms with van der Waals surface area (Å²) in [4.78, 5) is 0. The first-order chi connectivity index (χ1) is 22.7. The molecular weight excluding hydrogens is 663 g/mol. The van der Waals surface area contributed by atoms with E-state index in [4.69, 9.17) is 0 Å². The maximum Gasteiger partial charge on any atom is 0.0390 e. The number of nitrogens with one attached hydrogen (secondary N) is 1. The lowest BCUT2D eigenvalue weighted by Gasteiger charge is -2.10. The molecule has 0 atom stereocenters. The number of fused-ring (bicyclic) bond motifs is 6. The standard InChI is InChI=1S/C24H17NS.C18H11BrS/c1-2-9-18(10-3-1)25-19-11-6-8-17(16-19)20-13-7-15-23-24(20)21-12-4-5-14-22(21)26-23;19-13-6-3-5-12(11-13)14-8-4-10-17-18(14)15-7-1-2-9-16(15)20-17/h1-16,25H;1-11H. The number of halogens is 1. The average molecular weight is 691 g/mol. The van der Waals surface area contributed by atoms with Crippen molar-refractivity contribution < 1.29 is 0 Å². The van der Waals surface area contributed by atoms with E-state index >= 15 is 0 Å². The Hall–Kier alpha value is -4.74. The third-order valence-electron chi connectivity index (χ3n) is 8.18. The minimum absolute atomic E-state index is 1.10. The van der Waals surface area contributed by atoms with Gasteiger partial charge in [-0.1, -0.05) is 119 Å². The van der Waals surface area contributed by atoms with Crippen molar-refractivity contribution in [3.05, 3.63) is 168 Å². The Kier molecular flexibility index (Phi) is 7.85.